The SMILES string of the molecule is O=C(N/N=C/c1cccc(OCc2ccc(Cl)cc2)c1)c1ccc([N+](=O)[O-])cc1. The Hall–Kier alpha value is -3.71. The second kappa shape index (κ2) is 9.48. The third kappa shape index (κ3) is 5.88. The fourth-order valence-corrected chi connectivity index (χ4v) is 2.52. The molecule has 0 radical (unpaired) electrons. The van der Waals surface area contributed by atoms with Crippen molar-refractivity contribution in [1.82, 2.24) is 5.43 Å². The van der Waals surface area contributed by atoms with E-state index in [1.807, 2.05) is 30.3 Å². The molecule has 0 heterocycles. The van der Waals surface area contributed by atoms with Crippen LogP contribution < -0.4 is 10.2 Å². The minimum absolute atomic E-state index is 0.0829. The van der Waals surface area contributed by atoms with Gasteiger partial charge in [0, 0.05) is 22.7 Å². The third-order valence-electron chi connectivity index (χ3n) is 3.90. The first-order chi connectivity index (χ1) is 14.0. The van der Waals surface area contributed by atoms with Crippen LogP contribution in [0, 0.1) is 10.1 Å². The number of nitrogens with zero attached hydrogens (tertiary/aromatic N) is 2. The van der Waals surface area contributed by atoms with Crippen LogP contribution in [-0.4, -0.2) is 17.0 Å². The second-order valence-electron chi connectivity index (χ2n) is 5.99. The number of hydrogen-bond donors (Lipinski definition) is 1. The summed E-state index contributed by atoms with van der Waals surface area (Å²) in [5, 5.41) is 15.2. The lowest BCUT2D eigenvalue weighted by molar-refractivity contribution is -0.384. The zero-order valence-electron chi connectivity index (χ0n) is 15.1. The maximum Gasteiger partial charge on any atom is 0.271 e. The number of amides is 1. The number of hydrazone groups is 1. The fourth-order valence-electron chi connectivity index (χ4n) is 2.40. The van der Waals surface area contributed by atoms with Gasteiger partial charge in [0.25, 0.3) is 11.6 Å². The Labute approximate surface area is 171 Å². The summed E-state index contributed by atoms with van der Waals surface area (Å²) < 4.78 is 5.75. The highest BCUT2D eigenvalue weighted by Gasteiger charge is 2.08. The summed E-state index contributed by atoms with van der Waals surface area (Å²) in [5.74, 6) is 0.192. The maximum absolute atomic E-state index is 12.0. The molecule has 7 nitrogen and oxygen atoms in total. The van der Waals surface area contributed by atoms with E-state index in [1.165, 1.54) is 30.5 Å². The number of nitro benzene ring substituents is 1. The van der Waals surface area contributed by atoms with Crippen molar-refractivity contribution in [3.63, 3.8) is 0 Å². The predicted octanol–water partition coefficient (Wildman–Crippen LogP) is 4.59. The maximum atomic E-state index is 12.0. The van der Waals surface area contributed by atoms with E-state index in [1.54, 1.807) is 18.2 Å². The molecule has 1 N–H and O–H groups in total. The van der Waals surface area contributed by atoms with Crippen LogP contribution in [0.5, 0.6) is 5.75 Å². The number of non-ortho nitro benzene ring substituents is 1. The number of nitro groups is 1. The van der Waals surface area contributed by atoms with E-state index in [4.69, 9.17) is 16.3 Å². The van der Waals surface area contributed by atoms with Crippen molar-refractivity contribution < 1.29 is 14.5 Å². The first kappa shape index (κ1) is 20.0. The number of rotatable bonds is 7. The lowest BCUT2D eigenvalue weighted by atomic mass is 10.2. The summed E-state index contributed by atoms with van der Waals surface area (Å²) >= 11 is 5.87. The summed E-state index contributed by atoms with van der Waals surface area (Å²) in [6.07, 6.45) is 1.48. The van der Waals surface area contributed by atoms with Gasteiger partial charge < -0.3 is 4.74 Å². The molecule has 0 bridgehead atoms. The van der Waals surface area contributed by atoms with Gasteiger partial charge in [-0.2, -0.15) is 5.10 Å². The Morgan fingerprint density at radius 3 is 2.52 bits per heavy atom. The number of halogens is 1. The highest BCUT2D eigenvalue weighted by Crippen LogP contribution is 2.16. The molecule has 0 spiro atoms. The van der Waals surface area contributed by atoms with E-state index in [9.17, 15) is 14.9 Å². The monoisotopic (exact) mass is 409 g/mol. The van der Waals surface area contributed by atoms with Crippen LogP contribution in [0.4, 0.5) is 5.69 Å². The highest BCUT2D eigenvalue weighted by atomic mass is 35.5. The Morgan fingerprint density at radius 1 is 1.10 bits per heavy atom. The molecule has 3 aromatic carbocycles. The molecule has 0 aliphatic heterocycles. The van der Waals surface area contributed by atoms with Crippen LogP contribution in [0.15, 0.2) is 77.9 Å². The van der Waals surface area contributed by atoms with E-state index in [0.29, 0.717) is 17.4 Å². The summed E-state index contributed by atoms with van der Waals surface area (Å²) in [5.41, 5.74) is 4.30. The van der Waals surface area contributed by atoms with Gasteiger partial charge in [-0.1, -0.05) is 35.9 Å². The summed E-state index contributed by atoms with van der Waals surface area (Å²) in [4.78, 5) is 22.2. The Balaban J connectivity index is 1.56. The smallest absolute Gasteiger partial charge is 0.271 e. The first-order valence-corrected chi connectivity index (χ1v) is 8.94. The summed E-state index contributed by atoms with van der Waals surface area (Å²) in [6, 6.07) is 19.9. The van der Waals surface area contributed by atoms with Gasteiger partial charge in [0.1, 0.15) is 12.4 Å². The van der Waals surface area contributed by atoms with Crippen molar-refractivity contribution in [2.45, 2.75) is 6.61 Å². The van der Waals surface area contributed by atoms with E-state index >= 15 is 0 Å². The van der Waals surface area contributed by atoms with Gasteiger partial charge in [0.05, 0.1) is 11.1 Å². The van der Waals surface area contributed by atoms with Crippen LogP contribution in [0.25, 0.3) is 0 Å². The van der Waals surface area contributed by atoms with Gasteiger partial charge in [-0.05, 0) is 47.5 Å². The van der Waals surface area contributed by atoms with Crippen molar-refractivity contribution >= 4 is 29.4 Å². The summed E-state index contributed by atoms with van der Waals surface area (Å²) in [7, 11) is 0. The number of carbonyl (C=O) groups excluding carboxylic acids is 1. The quantitative estimate of drug-likeness (QED) is 0.351. The van der Waals surface area contributed by atoms with E-state index < -0.39 is 10.8 Å². The number of hydrogen-bond acceptors (Lipinski definition) is 5. The van der Waals surface area contributed by atoms with Crippen LogP contribution in [0.1, 0.15) is 21.5 Å². The molecule has 3 rings (SSSR count). The molecule has 3 aromatic rings. The predicted molar refractivity (Wildman–Crippen MR) is 110 cm³/mol. The topological polar surface area (TPSA) is 93.8 Å². The fraction of sp³-hybridized carbons (Fsp3) is 0.0476. The molecular formula is C21H16ClN3O4. The molecule has 8 heteroatoms. The zero-order chi connectivity index (χ0) is 20.6. The van der Waals surface area contributed by atoms with Crippen molar-refractivity contribution in [3.05, 3.63) is 105 Å². The lowest BCUT2D eigenvalue weighted by Crippen LogP contribution is -2.17. The van der Waals surface area contributed by atoms with Gasteiger partial charge in [-0.25, -0.2) is 5.43 Å². The molecule has 0 fully saturated rings. The Kier molecular flexibility index (Phi) is 6.55. The molecule has 0 atom stereocenters. The van der Waals surface area contributed by atoms with Gasteiger partial charge >= 0.3 is 0 Å². The van der Waals surface area contributed by atoms with E-state index in [0.717, 1.165) is 11.1 Å². The normalized spacial score (nSPS) is 10.7. The number of benzene rings is 3. The number of ether oxygens (including phenoxy) is 1. The molecular weight excluding hydrogens is 394 g/mol. The number of nitrogens with one attached hydrogen (secondary N) is 1. The Morgan fingerprint density at radius 2 is 1.83 bits per heavy atom. The molecule has 0 aliphatic rings. The van der Waals surface area contributed by atoms with E-state index in [2.05, 4.69) is 10.5 Å². The minimum atomic E-state index is -0.526. The molecule has 0 saturated heterocycles. The molecule has 146 valence electrons. The molecule has 0 aromatic heterocycles. The van der Waals surface area contributed by atoms with Crippen LogP contribution >= 0.6 is 11.6 Å². The van der Waals surface area contributed by atoms with Gasteiger partial charge in [-0.15, -0.1) is 0 Å². The highest BCUT2D eigenvalue weighted by molar-refractivity contribution is 6.30. The molecule has 1 amide bonds. The third-order valence-corrected chi connectivity index (χ3v) is 4.15. The molecule has 29 heavy (non-hydrogen) atoms. The van der Waals surface area contributed by atoms with E-state index in [-0.39, 0.29) is 11.3 Å². The first-order valence-electron chi connectivity index (χ1n) is 8.56. The largest absolute Gasteiger partial charge is 0.489 e. The number of carbonyl (C=O) groups is 1. The van der Waals surface area contributed by atoms with Gasteiger partial charge in [0.15, 0.2) is 0 Å². The summed E-state index contributed by atoms with van der Waals surface area (Å²) in [6.45, 7) is 0.397. The van der Waals surface area contributed by atoms with Crippen molar-refractivity contribution in [3.8, 4) is 5.75 Å². The van der Waals surface area contributed by atoms with Crippen molar-refractivity contribution in [2.24, 2.45) is 5.10 Å². The van der Waals surface area contributed by atoms with Gasteiger partial charge in [-0.3, -0.25) is 14.9 Å². The van der Waals surface area contributed by atoms with Crippen LogP contribution in [0.2, 0.25) is 5.02 Å². The van der Waals surface area contributed by atoms with Gasteiger partial charge in [0.2, 0.25) is 0 Å². The van der Waals surface area contributed by atoms with Crippen molar-refractivity contribution in [1.29, 1.82) is 0 Å². The average molecular weight is 410 g/mol. The molecule has 0 aliphatic carbocycles. The van der Waals surface area contributed by atoms with Crippen LogP contribution in [0.3, 0.4) is 0 Å². The van der Waals surface area contributed by atoms with Crippen molar-refractivity contribution in [2.75, 3.05) is 0 Å². The Bertz CT molecular complexity index is 1030. The van der Waals surface area contributed by atoms with Crippen LogP contribution in [-0.2, 0) is 6.61 Å². The second-order valence-corrected chi connectivity index (χ2v) is 6.43. The minimum Gasteiger partial charge on any atom is -0.489 e. The average Bonchev–Trinajstić information content (AvgIpc) is 2.73. The lowest BCUT2D eigenvalue weighted by Gasteiger charge is -2.07. The molecule has 0 unspecified atom stereocenters. The zero-order valence-corrected chi connectivity index (χ0v) is 15.9. The standard InChI is InChI=1S/C21H16ClN3O4/c22-18-8-4-15(5-9-18)14-29-20-3-1-2-16(12-20)13-23-24-21(26)17-6-10-19(11-7-17)25(27)28/h1-13H,14H2,(H,24,26)/b23-13+. The molecule has 0 saturated carbocycles.